The maximum atomic E-state index is 12.0. The molecule has 1 atom stereocenters. The largest absolute Gasteiger partial charge is 0.471 e. The number of esters is 1. The van der Waals surface area contributed by atoms with Crippen molar-refractivity contribution in [1.82, 2.24) is 5.32 Å². The number of hydrogen-bond donors (Lipinski definition) is 1. The quantitative estimate of drug-likeness (QED) is 0.754. The molecule has 0 bridgehead atoms. The van der Waals surface area contributed by atoms with Crippen LogP contribution < -0.4 is 5.32 Å². The van der Waals surface area contributed by atoms with Crippen LogP contribution in [0.4, 0.5) is 13.2 Å². The number of alkyl halides is 3. The number of carbonyl (C=O) groups excluding carboxylic acids is 2. The van der Waals surface area contributed by atoms with Crippen molar-refractivity contribution in [3.05, 3.63) is 0 Å². The van der Waals surface area contributed by atoms with Gasteiger partial charge in [0.25, 0.3) is 0 Å². The third-order valence-electron chi connectivity index (χ3n) is 1.75. The molecule has 0 fully saturated rings. The lowest BCUT2D eigenvalue weighted by atomic mass is 10.0. The zero-order valence-electron chi connectivity index (χ0n) is 9.22. The third kappa shape index (κ3) is 4.50. The molecule has 0 aromatic rings. The number of halogens is 3. The Labute approximate surface area is 91.1 Å². The average molecular weight is 241 g/mol. The first-order chi connectivity index (χ1) is 7.20. The highest BCUT2D eigenvalue weighted by atomic mass is 19.4. The van der Waals surface area contributed by atoms with Crippen LogP contribution in [0.25, 0.3) is 0 Å². The predicted molar refractivity (Wildman–Crippen MR) is 49.5 cm³/mol. The summed E-state index contributed by atoms with van der Waals surface area (Å²) in [7, 11) is 0. The van der Waals surface area contributed by atoms with Gasteiger partial charge < -0.3 is 10.1 Å². The number of amides is 1. The molecule has 0 aromatic heterocycles. The normalized spacial score (nSPS) is 13.4. The zero-order valence-corrected chi connectivity index (χ0v) is 9.22. The zero-order chi connectivity index (χ0) is 12.9. The Kier molecular flexibility index (Phi) is 5.26. The molecule has 7 heteroatoms. The van der Waals surface area contributed by atoms with E-state index in [2.05, 4.69) is 4.74 Å². The van der Waals surface area contributed by atoms with Gasteiger partial charge >= 0.3 is 18.1 Å². The van der Waals surface area contributed by atoms with Crippen molar-refractivity contribution in [3.63, 3.8) is 0 Å². The number of carbonyl (C=O) groups is 2. The summed E-state index contributed by atoms with van der Waals surface area (Å²) in [5.41, 5.74) is 0. The highest BCUT2D eigenvalue weighted by Crippen LogP contribution is 2.16. The number of hydrogen-bond acceptors (Lipinski definition) is 3. The summed E-state index contributed by atoms with van der Waals surface area (Å²) >= 11 is 0. The van der Waals surface area contributed by atoms with Gasteiger partial charge in [-0.3, -0.25) is 4.79 Å². The lowest BCUT2D eigenvalue weighted by molar-refractivity contribution is -0.176. The second-order valence-corrected chi connectivity index (χ2v) is 3.44. The number of nitrogens with one attached hydrogen (secondary N) is 1. The molecule has 0 radical (unpaired) electrons. The van der Waals surface area contributed by atoms with Crippen LogP contribution in [-0.2, 0) is 14.3 Å². The van der Waals surface area contributed by atoms with E-state index in [0.29, 0.717) is 0 Å². The van der Waals surface area contributed by atoms with Crippen molar-refractivity contribution in [2.75, 3.05) is 6.61 Å². The lowest BCUT2D eigenvalue weighted by Crippen LogP contribution is -2.49. The maximum absolute atomic E-state index is 12.0. The molecule has 0 saturated heterocycles. The molecule has 1 N–H and O–H groups in total. The Balaban J connectivity index is 4.59. The molecule has 0 saturated carbocycles. The van der Waals surface area contributed by atoms with E-state index in [1.165, 1.54) is 20.8 Å². The standard InChI is InChI=1S/C9H14F3NO3/c1-4-16-7(14)6(5(2)3)13-8(15)9(10,11)12/h5-6H,4H2,1-3H3,(H,13,15)/t6-/m0/s1. The predicted octanol–water partition coefficient (Wildman–Crippen LogP) is 1.25. The molecule has 0 aliphatic carbocycles. The minimum atomic E-state index is -5.00. The molecule has 0 rings (SSSR count). The minimum absolute atomic E-state index is 0.0456. The molecule has 0 heterocycles. The van der Waals surface area contributed by atoms with Crippen molar-refractivity contribution in [1.29, 1.82) is 0 Å². The van der Waals surface area contributed by atoms with Gasteiger partial charge in [-0.25, -0.2) is 4.79 Å². The van der Waals surface area contributed by atoms with Gasteiger partial charge in [0.15, 0.2) is 0 Å². The van der Waals surface area contributed by atoms with Crippen LogP contribution in [0.1, 0.15) is 20.8 Å². The van der Waals surface area contributed by atoms with Crippen molar-refractivity contribution in [2.24, 2.45) is 5.92 Å². The lowest BCUT2D eigenvalue weighted by Gasteiger charge is -2.20. The maximum Gasteiger partial charge on any atom is 0.471 e. The molecule has 1 amide bonds. The van der Waals surface area contributed by atoms with Gasteiger partial charge in [-0.15, -0.1) is 0 Å². The third-order valence-corrected chi connectivity index (χ3v) is 1.75. The first-order valence-electron chi connectivity index (χ1n) is 4.74. The fraction of sp³-hybridized carbons (Fsp3) is 0.778. The van der Waals surface area contributed by atoms with Gasteiger partial charge in [-0.05, 0) is 12.8 Å². The Bertz CT molecular complexity index is 263. The van der Waals surface area contributed by atoms with E-state index in [0.717, 1.165) is 0 Å². The molecule has 16 heavy (non-hydrogen) atoms. The summed E-state index contributed by atoms with van der Waals surface area (Å²) in [5.74, 6) is -3.49. The van der Waals surface area contributed by atoms with E-state index in [1.807, 2.05) is 0 Å². The van der Waals surface area contributed by atoms with Crippen molar-refractivity contribution in [2.45, 2.75) is 33.0 Å². The first kappa shape index (κ1) is 14.7. The summed E-state index contributed by atoms with van der Waals surface area (Å²) in [6.07, 6.45) is -5.00. The van der Waals surface area contributed by atoms with Gasteiger partial charge in [0.1, 0.15) is 6.04 Å². The van der Waals surface area contributed by atoms with E-state index < -0.39 is 30.0 Å². The van der Waals surface area contributed by atoms with Crippen molar-refractivity contribution >= 4 is 11.9 Å². The smallest absolute Gasteiger partial charge is 0.464 e. The fourth-order valence-electron chi connectivity index (χ4n) is 0.953. The fourth-order valence-corrected chi connectivity index (χ4v) is 0.953. The molecule has 0 spiro atoms. The van der Waals surface area contributed by atoms with E-state index in [9.17, 15) is 22.8 Å². The van der Waals surface area contributed by atoms with E-state index in [1.54, 1.807) is 5.32 Å². The van der Waals surface area contributed by atoms with Gasteiger partial charge in [0.2, 0.25) is 0 Å². The summed E-state index contributed by atoms with van der Waals surface area (Å²) in [4.78, 5) is 21.9. The Morgan fingerprint density at radius 2 is 1.81 bits per heavy atom. The highest BCUT2D eigenvalue weighted by molar-refractivity contribution is 5.87. The van der Waals surface area contributed by atoms with Gasteiger partial charge in [-0.1, -0.05) is 13.8 Å². The molecule has 94 valence electrons. The highest BCUT2D eigenvalue weighted by Gasteiger charge is 2.41. The molecule has 0 unspecified atom stereocenters. The van der Waals surface area contributed by atoms with E-state index in [4.69, 9.17) is 0 Å². The summed E-state index contributed by atoms with van der Waals surface area (Å²) < 4.78 is 40.4. The Morgan fingerprint density at radius 1 is 1.31 bits per heavy atom. The number of rotatable bonds is 4. The van der Waals surface area contributed by atoms with Crippen LogP contribution in [0, 0.1) is 5.92 Å². The SMILES string of the molecule is CCOC(=O)[C@@H](NC(=O)C(F)(F)F)C(C)C. The Morgan fingerprint density at radius 3 is 2.12 bits per heavy atom. The van der Waals surface area contributed by atoms with Crippen LogP contribution in [-0.4, -0.2) is 30.7 Å². The van der Waals surface area contributed by atoms with Gasteiger partial charge in [-0.2, -0.15) is 13.2 Å². The van der Waals surface area contributed by atoms with Crippen LogP contribution in [0.15, 0.2) is 0 Å². The monoisotopic (exact) mass is 241 g/mol. The average Bonchev–Trinajstić information content (AvgIpc) is 2.11. The molecule has 0 aliphatic heterocycles. The molecular weight excluding hydrogens is 227 g/mol. The van der Waals surface area contributed by atoms with Crippen LogP contribution >= 0.6 is 0 Å². The minimum Gasteiger partial charge on any atom is -0.464 e. The second-order valence-electron chi connectivity index (χ2n) is 3.44. The van der Waals surface area contributed by atoms with Gasteiger partial charge in [0.05, 0.1) is 6.61 Å². The van der Waals surface area contributed by atoms with Gasteiger partial charge in [0, 0.05) is 0 Å². The summed E-state index contributed by atoms with van der Waals surface area (Å²) in [5, 5.41) is 1.60. The molecule has 4 nitrogen and oxygen atoms in total. The summed E-state index contributed by atoms with van der Waals surface area (Å²) in [6.45, 7) is 4.60. The molecule has 0 aromatic carbocycles. The molecule has 0 aliphatic rings. The van der Waals surface area contributed by atoms with Crippen molar-refractivity contribution < 1.29 is 27.5 Å². The first-order valence-corrected chi connectivity index (χ1v) is 4.74. The van der Waals surface area contributed by atoms with Crippen LogP contribution in [0.5, 0.6) is 0 Å². The second kappa shape index (κ2) is 5.72. The van der Waals surface area contributed by atoms with Crippen molar-refractivity contribution in [3.8, 4) is 0 Å². The number of ether oxygens (including phenoxy) is 1. The van der Waals surface area contributed by atoms with E-state index in [-0.39, 0.29) is 6.61 Å². The summed E-state index contributed by atoms with van der Waals surface area (Å²) in [6, 6.07) is -1.28. The van der Waals surface area contributed by atoms with Crippen LogP contribution in [0.3, 0.4) is 0 Å². The van der Waals surface area contributed by atoms with Crippen LogP contribution in [0.2, 0.25) is 0 Å². The Hall–Kier alpha value is -1.27. The van der Waals surface area contributed by atoms with E-state index >= 15 is 0 Å². The molecular formula is C9H14F3NO3. The topological polar surface area (TPSA) is 55.4 Å².